The Hall–Kier alpha value is -1.22. The number of nitrogens with one attached hydrogen (secondary N) is 1. The highest BCUT2D eigenvalue weighted by molar-refractivity contribution is 5.46. The van der Waals surface area contributed by atoms with Crippen LogP contribution in [0.2, 0.25) is 0 Å². The Balaban J connectivity index is 1.77. The van der Waals surface area contributed by atoms with E-state index in [2.05, 4.69) is 5.32 Å². The molecule has 2 heterocycles. The molecule has 2 atom stereocenters. The van der Waals surface area contributed by atoms with Gasteiger partial charge in [0.05, 0.1) is 0 Å². The standard InChI is InChI=1S/C14H19NO2/c16-12-6-3-4-10-7-8-13(17-14(10)12)11-5-1-2-9-15-11/h3-4,6,11,13,15-16H,1-2,5,7-9H2. The summed E-state index contributed by atoms with van der Waals surface area (Å²) in [7, 11) is 0. The molecule has 2 aliphatic rings. The SMILES string of the molecule is Oc1cccc2c1OC(C1CCCCN1)CC2. The first-order valence-corrected chi connectivity index (χ1v) is 6.55. The number of aryl methyl sites for hydroxylation is 1. The molecule has 1 fully saturated rings. The van der Waals surface area contributed by atoms with Crippen molar-refractivity contribution in [2.24, 2.45) is 0 Å². The summed E-state index contributed by atoms with van der Waals surface area (Å²) in [6.07, 6.45) is 6.01. The van der Waals surface area contributed by atoms with E-state index in [1.54, 1.807) is 6.07 Å². The second kappa shape index (κ2) is 4.57. The molecule has 1 saturated heterocycles. The lowest BCUT2D eigenvalue weighted by Crippen LogP contribution is -2.47. The second-order valence-corrected chi connectivity index (χ2v) is 5.02. The fraction of sp³-hybridized carbons (Fsp3) is 0.571. The van der Waals surface area contributed by atoms with Gasteiger partial charge in [-0.2, -0.15) is 0 Å². The highest BCUT2D eigenvalue weighted by Gasteiger charge is 2.29. The maximum absolute atomic E-state index is 9.83. The van der Waals surface area contributed by atoms with Crippen LogP contribution in [0.3, 0.4) is 0 Å². The molecule has 0 saturated carbocycles. The fourth-order valence-corrected chi connectivity index (χ4v) is 2.89. The number of benzene rings is 1. The minimum atomic E-state index is 0.219. The Morgan fingerprint density at radius 3 is 3.00 bits per heavy atom. The van der Waals surface area contributed by atoms with Crippen LogP contribution >= 0.6 is 0 Å². The number of hydrogen-bond donors (Lipinski definition) is 2. The van der Waals surface area contributed by atoms with Crippen molar-refractivity contribution in [3.8, 4) is 11.5 Å². The Bertz CT molecular complexity index is 399. The quantitative estimate of drug-likeness (QED) is 0.781. The maximum Gasteiger partial charge on any atom is 0.164 e. The van der Waals surface area contributed by atoms with Crippen molar-refractivity contribution in [1.82, 2.24) is 5.32 Å². The van der Waals surface area contributed by atoms with E-state index >= 15 is 0 Å². The van der Waals surface area contributed by atoms with Gasteiger partial charge >= 0.3 is 0 Å². The van der Waals surface area contributed by atoms with Gasteiger partial charge in [0.1, 0.15) is 6.10 Å². The average molecular weight is 233 g/mol. The van der Waals surface area contributed by atoms with E-state index in [0.717, 1.165) is 24.9 Å². The van der Waals surface area contributed by atoms with Gasteiger partial charge in [0, 0.05) is 6.04 Å². The number of phenolic OH excluding ortho intramolecular Hbond substituents is 1. The number of aromatic hydroxyl groups is 1. The summed E-state index contributed by atoms with van der Waals surface area (Å²) in [5.74, 6) is 0.985. The number of hydrogen-bond acceptors (Lipinski definition) is 3. The van der Waals surface area contributed by atoms with E-state index in [-0.39, 0.29) is 11.9 Å². The molecule has 3 rings (SSSR count). The van der Waals surface area contributed by atoms with Gasteiger partial charge in [-0.25, -0.2) is 0 Å². The molecule has 2 unspecified atom stereocenters. The van der Waals surface area contributed by atoms with Crippen molar-refractivity contribution in [3.05, 3.63) is 23.8 Å². The minimum absolute atomic E-state index is 0.219. The predicted octanol–water partition coefficient (Wildman–Crippen LogP) is 2.23. The van der Waals surface area contributed by atoms with Crippen LogP contribution in [0, 0.1) is 0 Å². The molecule has 0 aliphatic carbocycles. The number of phenols is 1. The lowest BCUT2D eigenvalue weighted by Gasteiger charge is -2.35. The van der Waals surface area contributed by atoms with E-state index in [1.165, 1.54) is 19.3 Å². The highest BCUT2D eigenvalue weighted by Crippen LogP contribution is 2.36. The van der Waals surface area contributed by atoms with Crippen LogP contribution < -0.4 is 10.1 Å². The molecule has 0 amide bonds. The van der Waals surface area contributed by atoms with Crippen molar-refractivity contribution in [2.75, 3.05) is 6.54 Å². The van der Waals surface area contributed by atoms with Crippen molar-refractivity contribution in [2.45, 2.75) is 44.2 Å². The normalized spacial score (nSPS) is 28.2. The zero-order chi connectivity index (χ0) is 11.7. The zero-order valence-electron chi connectivity index (χ0n) is 9.98. The molecule has 0 bridgehead atoms. The van der Waals surface area contributed by atoms with Gasteiger partial charge in [0.2, 0.25) is 0 Å². The number of ether oxygens (including phenoxy) is 1. The molecular weight excluding hydrogens is 214 g/mol. The van der Waals surface area contributed by atoms with Crippen molar-refractivity contribution in [3.63, 3.8) is 0 Å². The Morgan fingerprint density at radius 1 is 1.24 bits per heavy atom. The molecule has 0 aromatic heterocycles. The molecule has 3 nitrogen and oxygen atoms in total. The van der Waals surface area contributed by atoms with Crippen LogP contribution in [0.1, 0.15) is 31.2 Å². The summed E-state index contributed by atoms with van der Waals surface area (Å²) in [5, 5.41) is 13.4. The van der Waals surface area contributed by atoms with Crippen LogP contribution in [-0.2, 0) is 6.42 Å². The number of rotatable bonds is 1. The van der Waals surface area contributed by atoms with Gasteiger partial charge < -0.3 is 15.2 Å². The largest absolute Gasteiger partial charge is 0.504 e. The predicted molar refractivity (Wildman–Crippen MR) is 66.5 cm³/mol. The first kappa shape index (κ1) is 10.9. The number of fused-ring (bicyclic) bond motifs is 1. The molecular formula is C14H19NO2. The maximum atomic E-state index is 9.83. The molecule has 0 radical (unpaired) electrons. The van der Waals surface area contributed by atoms with Gasteiger partial charge in [0.15, 0.2) is 11.5 Å². The van der Waals surface area contributed by atoms with Gasteiger partial charge in [-0.3, -0.25) is 0 Å². The Labute approximate surface area is 102 Å². The first-order valence-electron chi connectivity index (χ1n) is 6.55. The van der Waals surface area contributed by atoms with Crippen LogP contribution in [0.4, 0.5) is 0 Å². The molecule has 3 heteroatoms. The third kappa shape index (κ3) is 2.12. The summed E-state index contributed by atoms with van der Waals surface area (Å²) in [4.78, 5) is 0. The Kier molecular flexibility index (Phi) is 2.93. The highest BCUT2D eigenvalue weighted by atomic mass is 16.5. The molecule has 2 aliphatic heterocycles. The summed E-state index contributed by atoms with van der Waals surface area (Å²) >= 11 is 0. The van der Waals surface area contributed by atoms with Gasteiger partial charge in [-0.15, -0.1) is 0 Å². The third-order valence-corrected chi connectivity index (χ3v) is 3.84. The Morgan fingerprint density at radius 2 is 2.18 bits per heavy atom. The van der Waals surface area contributed by atoms with E-state index < -0.39 is 0 Å². The summed E-state index contributed by atoms with van der Waals surface area (Å²) in [6, 6.07) is 6.09. The van der Waals surface area contributed by atoms with Crippen molar-refractivity contribution in [1.29, 1.82) is 0 Å². The van der Waals surface area contributed by atoms with Crippen LogP contribution in [0.5, 0.6) is 11.5 Å². The van der Waals surface area contributed by atoms with Crippen molar-refractivity contribution < 1.29 is 9.84 Å². The fourth-order valence-electron chi connectivity index (χ4n) is 2.89. The van der Waals surface area contributed by atoms with E-state index in [1.807, 2.05) is 12.1 Å². The van der Waals surface area contributed by atoms with Crippen LogP contribution in [0.15, 0.2) is 18.2 Å². The smallest absolute Gasteiger partial charge is 0.164 e. The lowest BCUT2D eigenvalue weighted by atomic mass is 9.93. The molecule has 0 spiro atoms. The second-order valence-electron chi connectivity index (χ2n) is 5.02. The summed E-state index contributed by atoms with van der Waals surface area (Å²) in [6.45, 7) is 1.10. The summed E-state index contributed by atoms with van der Waals surface area (Å²) < 4.78 is 5.99. The molecule has 2 N–H and O–H groups in total. The van der Waals surface area contributed by atoms with Crippen molar-refractivity contribution >= 4 is 0 Å². The number of piperidine rings is 1. The average Bonchev–Trinajstić information content (AvgIpc) is 2.40. The van der Waals surface area contributed by atoms with E-state index in [9.17, 15) is 5.11 Å². The first-order chi connectivity index (χ1) is 8.34. The van der Waals surface area contributed by atoms with Crippen LogP contribution in [-0.4, -0.2) is 23.8 Å². The lowest BCUT2D eigenvalue weighted by molar-refractivity contribution is 0.111. The molecule has 1 aromatic rings. The third-order valence-electron chi connectivity index (χ3n) is 3.84. The minimum Gasteiger partial charge on any atom is -0.504 e. The molecule has 1 aromatic carbocycles. The van der Waals surface area contributed by atoms with E-state index in [0.29, 0.717) is 11.8 Å². The van der Waals surface area contributed by atoms with Crippen LogP contribution in [0.25, 0.3) is 0 Å². The number of para-hydroxylation sites is 1. The summed E-state index contributed by atoms with van der Waals surface area (Å²) in [5.41, 5.74) is 1.14. The van der Waals surface area contributed by atoms with Gasteiger partial charge in [-0.1, -0.05) is 18.6 Å². The monoisotopic (exact) mass is 233 g/mol. The van der Waals surface area contributed by atoms with Gasteiger partial charge in [0.25, 0.3) is 0 Å². The zero-order valence-corrected chi connectivity index (χ0v) is 9.98. The van der Waals surface area contributed by atoms with Gasteiger partial charge in [-0.05, 0) is 43.9 Å². The topological polar surface area (TPSA) is 41.5 Å². The molecule has 17 heavy (non-hydrogen) atoms. The van der Waals surface area contributed by atoms with E-state index in [4.69, 9.17) is 4.74 Å². The molecule has 92 valence electrons.